The summed E-state index contributed by atoms with van der Waals surface area (Å²) in [5, 5.41) is 9.20. The number of carboxylic acid groups (broad SMARTS) is 1. The Morgan fingerprint density at radius 1 is 0.741 bits per heavy atom. The van der Waals surface area contributed by atoms with Crippen molar-refractivity contribution >= 4 is 5.97 Å². The lowest BCUT2D eigenvalue weighted by atomic mass is 10.2. The van der Waals surface area contributed by atoms with E-state index in [9.17, 15) is 9.90 Å². The van der Waals surface area contributed by atoms with E-state index >= 15 is 0 Å². The van der Waals surface area contributed by atoms with Gasteiger partial charge in [0.25, 0.3) is 0 Å². The summed E-state index contributed by atoms with van der Waals surface area (Å²) < 4.78 is 11.6. The Kier molecular flexibility index (Phi) is 7.92. The Hall–Kier alpha value is -3.27. The van der Waals surface area contributed by atoms with E-state index in [2.05, 4.69) is 0 Å². The summed E-state index contributed by atoms with van der Waals surface area (Å²) in [6, 6.07) is 24.1. The van der Waals surface area contributed by atoms with Crippen molar-refractivity contribution in [2.45, 2.75) is 27.1 Å². The summed E-state index contributed by atoms with van der Waals surface area (Å²) in [5.41, 5.74) is 2.19. The third-order valence-corrected chi connectivity index (χ3v) is 3.66. The second-order valence-corrected chi connectivity index (χ2v) is 5.52. The van der Waals surface area contributed by atoms with Crippen molar-refractivity contribution in [3.63, 3.8) is 0 Å². The highest BCUT2D eigenvalue weighted by atomic mass is 16.5. The predicted molar refractivity (Wildman–Crippen MR) is 106 cm³/mol. The Balaban J connectivity index is 0.00000126. The van der Waals surface area contributed by atoms with E-state index in [0.717, 1.165) is 11.1 Å². The zero-order chi connectivity index (χ0) is 19.5. The second kappa shape index (κ2) is 10.7. The van der Waals surface area contributed by atoms with Crippen LogP contribution in [0.5, 0.6) is 11.5 Å². The summed E-state index contributed by atoms with van der Waals surface area (Å²) >= 11 is 0. The maximum atomic E-state index is 11.2. The lowest BCUT2D eigenvalue weighted by Gasteiger charge is -2.14. The van der Waals surface area contributed by atoms with Crippen LogP contribution in [0.4, 0.5) is 0 Å². The van der Waals surface area contributed by atoms with Crippen LogP contribution in [0, 0.1) is 0 Å². The van der Waals surface area contributed by atoms with Gasteiger partial charge in [-0.25, -0.2) is 4.79 Å². The van der Waals surface area contributed by atoms with Gasteiger partial charge in [-0.2, -0.15) is 0 Å². The molecule has 0 aliphatic rings. The highest BCUT2D eigenvalue weighted by Gasteiger charge is 2.11. The van der Waals surface area contributed by atoms with Gasteiger partial charge < -0.3 is 14.6 Å². The normalized spacial score (nSPS) is 9.70. The third-order valence-electron chi connectivity index (χ3n) is 3.66. The molecule has 0 saturated carbocycles. The van der Waals surface area contributed by atoms with Gasteiger partial charge in [0.2, 0.25) is 0 Å². The molecule has 0 aromatic heterocycles. The van der Waals surface area contributed by atoms with Crippen LogP contribution in [0.1, 0.15) is 35.3 Å². The molecule has 0 heterocycles. The molecule has 4 nitrogen and oxygen atoms in total. The lowest BCUT2D eigenvalue weighted by molar-refractivity contribution is 0.0696. The average molecular weight is 364 g/mol. The van der Waals surface area contributed by atoms with Gasteiger partial charge in [-0.3, -0.25) is 0 Å². The number of ether oxygens (including phenoxy) is 2. The standard InChI is InChI=1S/C21H18O4.C2H6/c22-21(23)18-11-12-19(24-14-16-7-3-1-4-8-16)20(13-18)25-15-17-9-5-2-6-10-17;1-2/h1-13H,14-15H2,(H,22,23);1-2H3. The highest BCUT2D eigenvalue weighted by molar-refractivity contribution is 5.88. The number of carbonyl (C=O) groups is 1. The molecule has 0 atom stereocenters. The maximum Gasteiger partial charge on any atom is 0.335 e. The Morgan fingerprint density at radius 2 is 1.22 bits per heavy atom. The minimum atomic E-state index is -1.00. The molecular formula is C23H24O4. The van der Waals surface area contributed by atoms with Gasteiger partial charge in [0.1, 0.15) is 13.2 Å². The molecule has 0 fully saturated rings. The van der Waals surface area contributed by atoms with Crippen LogP contribution in [0.25, 0.3) is 0 Å². The predicted octanol–water partition coefficient (Wildman–Crippen LogP) is 5.57. The van der Waals surface area contributed by atoms with Crippen LogP contribution < -0.4 is 9.47 Å². The second-order valence-electron chi connectivity index (χ2n) is 5.52. The van der Waals surface area contributed by atoms with Gasteiger partial charge >= 0.3 is 5.97 Å². The number of hydrogen-bond acceptors (Lipinski definition) is 3. The van der Waals surface area contributed by atoms with E-state index in [-0.39, 0.29) is 5.56 Å². The van der Waals surface area contributed by atoms with Crippen LogP contribution >= 0.6 is 0 Å². The van der Waals surface area contributed by atoms with Gasteiger partial charge in [0.15, 0.2) is 11.5 Å². The third kappa shape index (κ3) is 6.19. The Morgan fingerprint density at radius 3 is 1.70 bits per heavy atom. The van der Waals surface area contributed by atoms with Crippen molar-refractivity contribution < 1.29 is 19.4 Å². The van der Waals surface area contributed by atoms with E-state index in [1.807, 2.05) is 74.5 Å². The minimum absolute atomic E-state index is 0.162. The number of aromatic carboxylic acids is 1. The fraction of sp³-hybridized carbons (Fsp3) is 0.174. The number of benzene rings is 3. The Labute approximate surface area is 160 Å². The van der Waals surface area contributed by atoms with E-state index in [4.69, 9.17) is 9.47 Å². The van der Waals surface area contributed by atoms with E-state index in [0.29, 0.717) is 24.7 Å². The molecule has 3 rings (SSSR count). The largest absolute Gasteiger partial charge is 0.485 e. The van der Waals surface area contributed by atoms with Gasteiger partial charge in [-0.15, -0.1) is 0 Å². The molecule has 0 radical (unpaired) electrons. The first-order valence-corrected chi connectivity index (χ1v) is 8.93. The molecule has 0 aliphatic heterocycles. The number of carboxylic acids is 1. The smallest absolute Gasteiger partial charge is 0.335 e. The first-order chi connectivity index (χ1) is 13.2. The Bertz CT molecular complexity index is 830. The van der Waals surface area contributed by atoms with Crippen molar-refractivity contribution in [2.75, 3.05) is 0 Å². The van der Waals surface area contributed by atoms with Crippen molar-refractivity contribution in [3.8, 4) is 11.5 Å². The number of hydrogen-bond donors (Lipinski definition) is 1. The van der Waals surface area contributed by atoms with Crippen LogP contribution in [0.15, 0.2) is 78.9 Å². The quantitative estimate of drug-likeness (QED) is 0.595. The van der Waals surface area contributed by atoms with Gasteiger partial charge in [-0.05, 0) is 29.3 Å². The zero-order valence-electron chi connectivity index (χ0n) is 15.6. The van der Waals surface area contributed by atoms with Crippen LogP contribution in [-0.4, -0.2) is 11.1 Å². The SMILES string of the molecule is CC.O=C(O)c1ccc(OCc2ccccc2)c(OCc2ccccc2)c1. The molecule has 0 spiro atoms. The van der Waals surface area contributed by atoms with Crippen molar-refractivity contribution in [1.29, 1.82) is 0 Å². The van der Waals surface area contributed by atoms with Gasteiger partial charge in [0, 0.05) is 0 Å². The maximum absolute atomic E-state index is 11.2. The molecule has 0 amide bonds. The first kappa shape index (κ1) is 20.0. The topological polar surface area (TPSA) is 55.8 Å². The molecule has 0 bridgehead atoms. The van der Waals surface area contributed by atoms with Crippen LogP contribution in [0.3, 0.4) is 0 Å². The van der Waals surface area contributed by atoms with Crippen LogP contribution in [0.2, 0.25) is 0 Å². The highest BCUT2D eigenvalue weighted by Crippen LogP contribution is 2.30. The van der Waals surface area contributed by atoms with E-state index in [1.54, 1.807) is 6.07 Å². The number of rotatable bonds is 7. The molecule has 0 aliphatic carbocycles. The van der Waals surface area contributed by atoms with Crippen molar-refractivity contribution in [2.24, 2.45) is 0 Å². The molecule has 4 heteroatoms. The van der Waals surface area contributed by atoms with E-state index < -0.39 is 5.97 Å². The molecule has 3 aromatic rings. The molecule has 3 aromatic carbocycles. The molecule has 27 heavy (non-hydrogen) atoms. The average Bonchev–Trinajstić information content (AvgIpc) is 2.74. The fourth-order valence-electron chi connectivity index (χ4n) is 2.34. The zero-order valence-corrected chi connectivity index (χ0v) is 15.6. The van der Waals surface area contributed by atoms with Crippen LogP contribution in [-0.2, 0) is 13.2 Å². The van der Waals surface area contributed by atoms with Gasteiger partial charge in [-0.1, -0.05) is 74.5 Å². The molecule has 140 valence electrons. The molecular weight excluding hydrogens is 340 g/mol. The minimum Gasteiger partial charge on any atom is -0.485 e. The summed E-state index contributed by atoms with van der Waals surface area (Å²) in [5.74, 6) is -0.0661. The van der Waals surface area contributed by atoms with E-state index in [1.165, 1.54) is 12.1 Å². The molecule has 0 saturated heterocycles. The van der Waals surface area contributed by atoms with Crippen molar-refractivity contribution in [3.05, 3.63) is 95.6 Å². The first-order valence-electron chi connectivity index (χ1n) is 8.93. The summed E-state index contributed by atoms with van der Waals surface area (Å²) in [7, 11) is 0. The lowest BCUT2D eigenvalue weighted by Crippen LogP contribution is -2.03. The molecule has 1 N–H and O–H groups in total. The summed E-state index contributed by atoms with van der Waals surface area (Å²) in [4.78, 5) is 11.2. The molecule has 0 unspecified atom stereocenters. The summed E-state index contributed by atoms with van der Waals surface area (Å²) in [6.07, 6.45) is 0. The summed E-state index contributed by atoms with van der Waals surface area (Å²) in [6.45, 7) is 4.72. The monoisotopic (exact) mass is 364 g/mol. The van der Waals surface area contributed by atoms with Crippen molar-refractivity contribution in [1.82, 2.24) is 0 Å². The fourth-order valence-corrected chi connectivity index (χ4v) is 2.34. The van der Waals surface area contributed by atoms with Gasteiger partial charge in [0.05, 0.1) is 5.56 Å².